The second-order valence-corrected chi connectivity index (χ2v) is 7.49. The molecule has 4 aliphatic heterocycles. The van der Waals surface area contributed by atoms with Crippen LogP contribution in [-0.4, -0.2) is 70.7 Å². The van der Waals surface area contributed by atoms with Crippen LogP contribution in [0.3, 0.4) is 0 Å². The second-order valence-electron chi connectivity index (χ2n) is 7.49. The Morgan fingerprint density at radius 1 is 1.08 bits per heavy atom. The fourth-order valence-corrected chi connectivity index (χ4v) is 4.33. The average molecular weight is 342 g/mol. The van der Waals surface area contributed by atoms with Crippen molar-refractivity contribution in [1.29, 1.82) is 0 Å². The summed E-state index contributed by atoms with van der Waals surface area (Å²) in [6, 6.07) is 6.78. The first kappa shape index (κ1) is 16.3. The number of nitro groups is 1. The van der Waals surface area contributed by atoms with Gasteiger partial charge in [0.25, 0.3) is 5.69 Å². The molecule has 0 spiro atoms. The molecular weight excluding hydrogens is 320 g/mol. The van der Waals surface area contributed by atoms with Gasteiger partial charge < -0.3 is 0 Å². The minimum atomic E-state index is -0.356. The molecule has 0 atom stereocenters. The van der Waals surface area contributed by atoms with E-state index in [9.17, 15) is 10.1 Å². The van der Waals surface area contributed by atoms with Crippen molar-refractivity contribution in [2.45, 2.75) is 13.8 Å². The molecule has 4 aliphatic rings. The highest BCUT2D eigenvalue weighted by atomic mass is 16.6. The maximum absolute atomic E-state index is 11.2. The van der Waals surface area contributed by atoms with Crippen LogP contribution in [0.2, 0.25) is 0 Å². The summed E-state index contributed by atoms with van der Waals surface area (Å²) in [5.74, 6) is 0. The highest BCUT2D eigenvalue weighted by Crippen LogP contribution is 2.39. The zero-order valence-electron chi connectivity index (χ0n) is 14.6. The Labute approximate surface area is 146 Å². The average Bonchev–Trinajstić information content (AvgIpc) is 2.53. The van der Waals surface area contributed by atoms with Gasteiger partial charge in [-0.15, -0.1) is 0 Å². The van der Waals surface area contributed by atoms with E-state index in [1.807, 2.05) is 19.9 Å². The molecule has 8 heteroatoms. The van der Waals surface area contributed by atoms with Crippen molar-refractivity contribution in [3.8, 4) is 0 Å². The zero-order valence-corrected chi connectivity index (χ0v) is 14.6. The molecule has 1 aromatic rings. The number of rotatable bonds is 4. The Morgan fingerprint density at radius 2 is 1.68 bits per heavy atom. The molecule has 0 unspecified atom stereocenters. The standard InChI is InChI=1S/C17H22N6O2/c1-13(2)18-19-16(14-4-3-5-15(6-14)23(24)25)17-7-20-10-21(8-17)12-22(9-17)11-20/h3-6H,7-12H2,1-2H3. The summed E-state index contributed by atoms with van der Waals surface area (Å²) >= 11 is 0. The molecule has 4 heterocycles. The van der Waals surface area contributed by atoms with E-state index in [2.05, 4.69) is 24.9 Å². The second kappa shape index (κ2) is 5.98. The van der Waals surface area contributed by atoms with Crippen molar-refractivity contribution in [2.75, 3.05) is 39.6 Å². The number of non-ortho nitro benzene ring substituents is 1. The summed E-state index contributed by atoms with van der Waals surface area (Å²) in [6.07, 6.45) is 0. The van der Waals surface area contributed by atoms with E-state index >= 15 is 0 Å². The zero-order chi connectivity index (χ0) is 17.6. The molecule has 1 aromatic carbocycles. The number of nitro benzene ring substituents is 1. The molecule has 4 fully saturated rings. The van der Waals surface area contributed by atoms with Gasteiger partial charge in [0.05, 0.1) is 36.1 Å². The van der Waals surface area contributed by atoms with Crippen LogP contribution in [0.1, 0.15) is 19.4 Å². The van der Waals surface area contributed by atoms with Crippen LogP contribution >= 0.6 is 0 Å². The van der Waals surface area contributed by atoms with Gasteiger partial charge >= 0.3 is 0 Å². The van der Waals surface area contributed by atoms with Crippen molar-refractivity contribution < 1.29 is 4.92 Å². The van der Waals surface area contributed by atoms with E-state index in [1.54, 1.807) is 12.1 Å². The van der Waals surface area contributed by atoms with Crippen molar-refractivity contribution >= 4 is 17.1 Å². The molecule has 8 nitrogen and oxygen atoms in total. The highest BCUT2D eigenvalue weighted by molar-refractivity contribution is 6.06. The van der Waals surface area contributed by atoms with Gasteiger partial charge in [0, 0.05) is 43.0 Å². The van der Waals surface area contributed by atoms with Gasteiger partial charge in [-0.1, -0.05) is 12.1 Å². The molecule has 0 amide bonds. The molecule has 4 bridgehead atoms. The Hall–Kier alpha value is -2.16. The molecule has 5 rings (SSSR count). The normalized spacial score (nSPS) is 33.4. The van der Waals surface area contributed by atoms with E-state index < -0.39 is 0 Å². The molecule has 0 N–H and O–H groups in total. The van der Waals surface area contributed by atoms with E-state index in [-0.39, 0.29) is 16.0 Å². The van der Waals surface area contributed by atoms with Crippen LogP contribution in [0.15, 0.2) is 34.5 Å². The van der Waals surface area contributed by atoms with Gasteiger partial charge in [0.2, 0.25) is 0 Å². The summed E-state index contributed by atoms with van der Waals surface area (Å²) in [6.45, 7) is 9.51. The minimum Gasteiger partial charge on any atom is -0.276 e. The van der Waals surface area contributed by atoms with Crippen LogP contribution in [-0.2, 0) is 0 Å². The van der Waals surface area contributed by atoms with Crippen LogP contribution in [0.4, 0.5) is 5.69 Å². The topological polar surface area (TPSA) is 77.6 Å². The Bertz CT molecular complexity index is 733. The number of hydrogen-bond acceptors (Lipinski definition) is 7. The van der Waals surface area contributed by atoms with Crippen molar-refractivity contribution in [2.24, 2.45) is 15.6 Å². The highest BCUT2D eigenvalue weighted by Gasteiger charge is 2.52. The van der Waals surface area contributed by atoms with Crippen molar-refractivity contribution in [3.63, 3.8) is 0 Å². The predicted octanol–water partition coefficient (Wildman–Crippen LogP) is 1.59. The maximum atomic E-state index is 11.2. The number of hydrogen-bond donors (Lipinski definition) is 0. The molecule has 4 saturated heterocycles. The fraction of sp³-hybridized carbons (Fsp3) is 0.529. The molecule has 132 valence electrons. The molecule has 0 radical (unpaired) electrons. The lowest BCUT2D eigenvalue weighted by atomic mass is 9.74. The molecule has 25 heavy (non-hydrogen) atoms. The first-order chi connectivity index (χ1) is 11.9. The third-order valence-electron chi connectivity index (χ3n) is 4.96. The van der Waals surface area contributed by atoms with Gasteiger partial charge in [0.15, 0.2) is 0 Å². The smallest absolute Gasteiger partial charge is 0.270 e. The Morgan fingerprint density at radius 3 is 2.20 bits per heavy atom. The monoisotopic (exact) mass is 342 g/mol. The van der Waals surface area contributed by atoms with Gasteiger partial charge in [-0.2, -0.15) is 10.2 Å². The third-order valence-corrected chi connectivity index (χ3v) is 4.96. The first-order valence-electron chi connectivity index (χ1n) is 8.46. The lowest BCUT2D eigenvalue weighted by Gasteiger charge is -2.60. The largest absolute Gasteiger partial charge is 0.276 e. The van der Waals surface area contributed by atoms with Crippen molar-refractivity contribution in [3.05, 3.63) is 39.9 Å². The lowest BCUT2D eigenvalue weighted by molar-refractivity contribution is -0.384. The first-order valence-corrected chi connectivity index (χ1v) is 8.46. The molecule has 0 aromatic heterocycles. The molecular formula is C17H22N6O2. The van der Waals surface area contributed by atoms with E-state index in [0.29, 0.717) is 0 Å². The van der Waals surface area contributed by atoms with E-state index in [0.717, 1.165) is 56.6 Å². The summed E-state index contributed by atoms with van der Waals surface area (Å²) in [4.78, 5) is 18.1. The summed E-state index contributed by atoms with van der Waals surface area (Å²) in [5.41, 5.74) is 2.45. The molecule has 0 saturated carbocycles. The number of nitrogens with zero attached hydrogens (tertiary/aromatic N) is 6. The third kappa shape index (κ3) is 2.97. The Balaban J connectivity index is 1.80. The fourth-order valence-electron chi connectivity index (χ4n) is 4.33. The predicted molar refractivity (Wildman–Crippen MR) is 95.6 cm³/mol. The Kier molecular flexibility index (Phi) is 3.90. The maximum Gasteiger partial charge on any atom is 0.270 e. The quantitative estimate of drug-likeness (QED) is 0.472. The summed E-state index contributed by atoms with van der Waals surface area (Å²) < 4.78 is 0. The van der Waals surface area contributed by atoms with Gasteiger partial charge in [-0.05, 0) is 13.8 Å². The van der Waals surface area contributed by atoms with Crippen LogP contribution in [0.25, 0.3) is 0 Å². The van der Waals surface area contributed by atoms with E-state index in [1.165, 1.54) is 6.07 Å². The summed E-state index contributed by atoms with van der Waals surface area (Å²) in [5, 5.41) is 20.1. The van der Waals surface area contributed by atoms with Gasteiger partial charge in [-0.3, -0.25) is 24.8 Å². The van der Waals surface area contributed by atoms with Gasteiger partial charge in [0.1, 0.15) is 0 Å². The molecule has 0 aliphatic carbocycles. The van der Waals surface area contributed by atoms with Crippen LogP contribution < -0.4 is 0 Å². The lowest BCUT2D eigenvalue weighted by Crippen LogP contribution is -2.74. The minimum absolute atomic E-state index is 0.0908. The van der Waals surface area contributed by atoms with Gasteiger partial charge in [-0.25, -0.2) is 0 Å². The number of benzene rings is 1. The van der Waals surface area contributed by atoms with Crippen LogP contribution in [0, 0.1) is 15.5 Å². The van der Waals surface area contributed by atoms with E-state index in [4.69, 9.17) is 0 Å². The summed E-state index contributed by atoms with van der Waals surface area (Å²) in [7, 11) is 0. The SMILES string of the molecule is CC(C)=NN=C(c1cccc([N+](=O)[O-])c1)C12CN3CN(CN(C3)C1)C2. The van der Waals surface area contributed by atoms with Crippen molar-refractivity contribution in [1.82, 2.24) is 14.7 Å². The van der Waals surface area contributed by atoms with Crippen LogP contribution in [0.5, 0.6) is 0 Å².